The molecule has 2 saturated heterocycles. The smallest absolute Gasteiger partial charge is 0.138 e. The van der Waals surface area contributed by atoms with E-state index in [2.05, 4.69) is 16.0 Å². The summed E-state index contributed by atoms with van der Waals surface area (Å²) in [7, 11) is 0. The van der Waals surface area contributed by atoms with E-state index in [-0.39, 0.29) is 6.54 Å². The van der Waals surface area contributed by atoms with E-state index >= 15 is 0 Å². The third-order valence-electron chi connectivity index (χ3n) is 6.43. The molecule has 3 aromatic rings. The Morgan fingerprint density at radius 1 is 1.21 bits per heavy atom. The SMILES string of the molecule is Cc1cc(Oc2cc(C#N)ccc2-c2ccc(C(O)CN)cn2)cc(N2C3CCC2COC3)n1. The van der Waals surface area contributed by atoms with Gasteiger partial charge in [0.15, 0.2) is 0 Å². The number of aryl methyl sites for hydroxylation is 1. The molecule has 2 aromatic heterocycles. The molecule has 5 rings (SSSR count). The van der Waals surface area contributed by atoms with Crippen LogP contribution in [0, 0.1) is 18.3 Å². The van der Waals surface area contributed by atoms with Crippen LogP contribution in [0.25, 0.3) is 11.3 Å². The number of rotatable bonds is 6. The van der Waals surface area contributed by atoms with Crippen LogP contribution in [0.1, 0.15) is 35.8 Å². The van der Waals surface area contributed by atoms with Gasteiger partial charge in [0.25, 0.3) is 0 Å². The molecular formula is C26H27N5O3. The summed E-state index contributed by atoms with van der Waals surface area (Å²) in [4.78, 5) is 11.6. The van der Waals surface area contributed by atoms with Crippen molar-refractivity contribution in [3.63, 3.8) is 0 Å². The monoisotopic (exact) mass is 457 g/mol. The highest BCUT2D eigenvalue weighted by molar-refractivity contribution is 5.69. The number of aliphatic hydroxyl groups excluding tert-OH is 1. The van der Waals surface area contributed by atoms with Gasteiger partial charge in [-0.05, 0) is 44.0 Å². The topological polar surface area (TPSA) is 118 Å². The molecule has 4 heterocycles. The van der Waals surface area contributed by atoms with Crippen molar-refractivity contribution in [1.82, 2.24) is 9.97 Å². The molecule has 2 aliphatic heterocycles. The van der Waals surface area contributed by atoms with Gasteiger partial charge in [0, 0.05) is 41.7 Å². The zero-order chi connectivity index (χ0) is 23.7. The van der Waals surface area contributed by atoms with Gasteiger partial charge in [0.1, 0.15) is 17.3 Å². The highest BCUT2D eigenvalue weighted by Crippen LogP contribution is 2.38. The number of benzene rings is 1. The lowest BCUT2D eigenvalue weighted by Gasteiger charge is -2.35. The molecule has 0 spiro atoms. The Morgan fingerprint density at radius 2 is 2.00 bits per heavy atom. The predicted molar refractivity (Wildman–Crippen MR) is 128 cm³/mol. The van der Waals surface area contributed by atoms with Gasteiger partial charge >= 0.3 is 0 Å². The molecule has 0 amide bonds. The zero-order valence-electron chi connectivity index (χ0n) is 19.0. The Hall–Kier alpha value is -3.51. The minimum absolute atomic E-state index is 0.126. The lowest BCUT2D eigenvalue weighted by atomic mass is 10.1. The summed E-state index contributed by atoms with van der Waals surface area (Å²) in [6, 6.07) is 15.6. The fourth-order valence-electron chi connectivity index (χ4n) is 4.73. The fraction of sp³-hybridized carbons (Fsp3) is 0.346. The van der Waals surface area contributed by atoms with Crippen LogP contribution in [0.3, 0.4) is 0 Å². The number of anilines is 1. The predicted octanol–water partition coefficient (Wildman–Crippen LogP) is 3.48. The first-order valence-electron chi connectivity index (χ1n) is 11.5. The van der Waals surface area contributed by atoms with Crippen LogP contribution in [0.15, 0.2) is 48.7 Å². The van der Waals surface area contributed by atoms with Crippen LogP contribution in [-0.4, -0.2) is 46.9 Å². The molecule has 2 fully saturated rings. The number of aromatic nitrogens is 2. The Bertz CT molecular complexity index is 1210. The fourth-order valence-corrected chi connectivity index (χ4v) is 4.73. The molecule has 3 unspecified atom stereocenters. The first-order chi connectivity index (χ1) is 16.6. The first kappa shape index (κ1) is 22.3. The van der Waals surface area contributed by atoms with Gasteiger partial charge in [-0.25, -0.2) is 4.98 Å². The van der Waals surface area contributed by atoms with Gasteiger partial charge in [0.05, 0.1) is 48.7 Å². The van der Waals surface area contributed by atoms with Gasteiger partial charge in [-0.1, -0.05) is 6.07 Å². The van der Waals surface area contributed by atoms with E-state index in [0.717, 1.165) is 43.1 Å². The lowest BCUT2D eigenvalue weighted by Crippen LogP contribution is -2.46. The molecule has 174 valence electrons. The normalized spacial score (nSPS) is 20.1. The Balaban J connectivity index is 1.49. The van der Waals surface area contributed by atoms with Gasteiger partial charge < -0.3 is 25.2 Å². The number of pyridine rings is 2. The van der Waals surface area contributed by atoms with Crippen molar-refractivity contribution >= 4 is 5.82 Å². The van der Waals surface area contributed by atoms with Gasteiger partial charge in [-0.2, -0.15) is 5.26 Å². The van der Waals surface area contributed by atoms with Crippen molar-refractivity contribution in [3.8, 4) is 28.8 Å². The Kier molecular flexibility index (Phi) is 6.16. The molecule has 1 aromatic carbocycles. The van der Waals surface area contributed by atoms with Gasteiger partial charge in [-0.3, -0.25) is 4.98 Å². The lowest BCUT2D eigenvalue weighted by molar-refractivity contribution is 0.0902. The van der Waals surface area contributed by atoms with Crippen LogP contribution in [-0.2, 0) is 4.74 Å². The number of hydrogen-bond acceptors (Lipinski definition) is 8. The van der Waals surface area contributed by atoms with E-state index < -0.39 is 6.10 Å². The number of morpholine rings is 1. The number of hydrogen-bond donors (Lipinski definition) is 2. The van der Waals surface area contributed by atoms with Crippen molar-refractivity contribution in [2.45, 2.75) is 38.0 Å². The number of nitriles is 1. The van der Waals surface area contributed by atoms with Crippen molar-refractivity contribution in [1.29, 1.82) is 5.26 Å². The van der Waals surface area contributed by atoms with E-state index in [1.165, 1.54) is 0 Å². The summed E-state index contributed by atoms with van der Waals surface area (Å²) in [5.74, 6) is 2.07. The quantitative estimate of drug-likeness (QED) is 0.578. The number of aliphatic hydroxyl groups is 1. The minimum Gasteiger partial charge on any atom is -0.456 e. The van der Waals surface area contributed by atoms with Crippen LogP contribution in [0.4, 0.5) is 5.82 Å². The van der Waals surface area contributed by atoms with Crippen molar-refractivity contribution < 1.29 is 14.6 Å². The van der Waals surface area contributed by atoms with E-state index in [0.29, 0.717) is 40.4 Å². The van der Waals surface area contributed by atoms with Crippen molar-refractivity contribution in [2.75, 3.05) is 24.7 Å². The summed E-state index contributed by atoms with van der Waals surface area (Å²) in [5.41, 5.74) is 8.97. The van der Waals surface area contributed by atoms with Crippen molar-refractivity contribution in [2.24, 2.45) is 5.73 Å². The third kappa shape index (κ3) is 4.33. The Labute approximate surface area is 198 Å². The van der Waals surface area contributed by atoms with Crippen LogP contribution in [0.2, 0.25) is 0 Å². The molecule has 8 heteroatoms. The van der Waals surface area contributed by atoms with E-state index in [1.807, 2.05) is 31.2 Å². The Morgan fingerprint density at radius 3 is 2.68 bits per heavy atom. The summed E-state index contributed by atoms with van der Waals surface area (Å²) in [5, 5.41) is 19.4. The second-order valence-electron chi connectivity index (χ2n) is 8.79. The highest BCUT2D eigenvalue weighted by atomic mass is 16.5. The number of nitrogens with two attached hydrogens (primary N) is 1. The van der Waals surface area contributed by atoms with Crippen molar-refractivity contribution in [3.05, 3.63) is 65.5 Å². The zero-order valence-corrected chi connectivity index (χ0v) is 19.0. The maximum absolute atomic E-state index is 9.97. The van der Waals surface area contributed by atoms with Gasteiger partial charge in [-0.15, -0.1) is 0 Å². The summed E-state index contributed by atoms with van der Waals surface area (Å²) < 4.78 is 12.1. The second kappa shape index (κ2) is 9.39. The maximum atomic E-state index is 9.97. The largest absolute Gasteiger partial charge is 0.456 e. The van der Waals surface area contributed by atoms with Crippen LogP contribution in [0.5, 0.6) is 11.5 Å². The van der Waals surface area contributed by atoms with Crippen LogP contribution < -0.4 is 15.4 Å². The molecule has 0 saturated carbocycles. The average molecular weight is 458 g/mol. The molecular weight excluding hydrogens is 430 g/mol. The molecule has 8 nitrogen and oxygen atoms in total. The minimum atomic E-state index is -0.757. The summed E-state index contributed by atoms with van der Waals surface area (Å²) in [6.45, 7) is 3.52. The second-order valence-corrected chi connectivity index (χ2v) is 8.79. The average Bonchev–Trinajstić information content (AvgIpc) is 3.11. The molecule has 0 radical (unpaired) electrons. The first-order valence-corrected chi connectivity index (χ1v) is 11.5. The molecule has 3 atom stereocenters. The molecule has 0 aliphatic carbocycles. The number of ether oxygens (including phenoxy) is 2. The summed E-state index contributed by atoms with van der Waals surface area (Å²) in [6.07, 6.45) is 3.06. The third-order valence-corrected chi connectivity index (χ3v) is 6.43. The summed E-state index contributed by atoms with van der Waals surface area (Å²) >= 11 is 0. The molecule has 34 heavy (non-hydrogen) atoms. The maximum Gasteiger partial charge on any atom is 0.138 e. The number of nitrogens with zero attached hydrogens (tertiary/aromatic N) is 4. The van der Waals surface area contributed by atoms with Gasteiger partial charge in [0.2, 0.25) is 0 Å². The van der Waals surface area contributed by atoms with E-state index in [1.54, 1.807) is 24.4 Å². The molecule has 2 aliphatic rings. The highest BCUT2D eigenvalue weighted by Gasteiger charge is 2.38. The van der Waals surface area contributed by atoms with E-state index in [9.17, 15) is 10.4 Å². The van der Waals surface area contributed by atoms with Crippen LogP contribution >= 0.6 is 0 Å². The number of fused-ring (bicyclic) bond motifs is 2. The molecule has 3 N–H and O–H groups in total. The van der Waals surface area contributed by atoms with E-state index in [4.69, 9.17) is 20.2 Å². The molecule has 2 bridgehead atoms. The standard InChI is InChI=1S/C26H27N5O3/c1-16-8-21(10-26(30-16)31-19-4-5-20(31)15-33-14-19)34-25-9-17(11-27)2-6-22(25)23-7-3-18(13-29-23)24(32)12-28/h2-3,6-10,13,19-20,24,32H,4-5,12,14-15,28H2,1H3.